The Morgan fingerprint density at radius 2 is 1.77 bits per heavy atom. The van der Waals surface area contributed by atoms with E-state index in [4.69, 9.17) is 12.2 Å². The van der Waals surface area contributed by atoms with Gasteiger partial charge in [-0.2, -0.15) is 0 Å². The summed E-state index contributed by atoms with van der Waals surface area (Å²) in [6.07, 6.45) is 1.99. The summed E-state index contributed by atoms with van der Waals surface area (Å²) >= 11 is 5.52. The molecule has 0 aliphatic rings. The molecular formula is C18H21FN2S. The van der Waals surface area contributed by atoms with E-state index < -0.39 is 0 Å². The molecule has 0 heterocycles. The molecule has 22 heavy (non-hydrogen) atoms. The molecule has 2 aromatic carbocycles. The average Bonchev–Trinajstić information content (AvgIpc) is 2.54. The van der Waals surface area contributed by atoms with E-state index in [2.05, 4.69) is 12.2 Å². The van der Waals surface area contributed by atoms with Crippen molar-refractivity contribution in [3.05, 3.63) is 66.0 Å². The van der Waals surface area contributed by atoms with Crippen molar-refractivity contribution in [2.75, 3.05) is 12.4 Å². The number of hydrogen-bond donors (Lipinski definition) is 1. The zero-order chi connectivity index (χ0) is 15.9. The number of para-hydroxylation sites is 1. The lowest BCUT2D eigenvalue weighted by Crippen LogP contribution is -2.34. The Labute approximate surface area is 137 Å². The van der Waals surface area contributed by atoms with Gasteiger partial charge in [0.25, 0.3) is 0 Å². The van der Waals surface area contributed by atoms with Crippen LogP contribution in [0.5, 0.6) is 0 Å². The molecular weight excluding hydrogens is 295 g/mol. The van der Waals surface area contributed by atoms with Crippen LogP contribution < -0.4 is 5.32 Å². The third-order valence-electron chi connectivity index (χ3n) is 3.63. The Bertz CT molecular complexity index is 598. The third-order valence-corrected chi connectivity index (χ3v) is 4.02. The van der Waals surface area contributed by atoms with Gasteiger partial charge in [-0.3, -0.25) is 0 Å². The number of nitrogens with one attached hydrogen (secondary N) is 1. The van der Waals surface area contributed by atoms with Gasteiger partial charge in [-0.15, -0.1) is 0 Å². The lowest BCUT2D eigenvalue weighted by Gasteiger charge is -2.31. The Morgan fingerprint density at radius 1 is 1.14 bits per heavy atom. The summed E-state index contributed by atoms with van der Waals surface area (Å²) in [6.45, 7) is 2.14. The minimum Gasteiger partial charge on any atom is -0.345 e. The van der Waals surface area contributed by atoms with E-state index in [0.29, 0.717) is 5.11 Å². The van der Waals surface area contributed by atoms with Crippen molar-refractivity contribution in [2.24, 2.45) is 0 Å². The van der Waals surface area contributed by atoms with Crippen LogP contribution in [0.2, 0.25) is 0 Å². The Hall–Kier alpha value is -1.94. The van der Waals surface area contributed by atoms with Crippen LogP contribution in [-0.2, 0) is 0 Å². The topological polar surface area (TPSA) is 15.3 Å². The number of benzene rings is 2. The van der Waals surface area contributed by atoms with E-state index in [0.717, 1.165) is 24.1 Å². The Kier molecular flexibility index (Phi) is 5.90. The predicted octanol–water partition coefficient (Wildman–Crippen LogP) is 5.00. The first-order valence-corrected chi connectivity index (χ1v) is 7.87. The van der Waals surface area contributed by atoms with E-state index in [9.17, 15) is 4.39 Å². The summed E-state index contributed by atoms with van der Waals surface area (Å²) in [5.41, 5.74) is 2.04. The van der Waals surface area contributed by atoms with Crippen molar-refractivity contribution in [1.82, 2.24) is 4.90 Å². The second kappa shape index (κ2) is 7.90. The van der Waals surface area contributed by atoms with Crippen molar-refractivity contribution >= 4 is 23.0 Å². The zero-order valence-corrected chi connectivity index (χ0v) is 13.7. The molecule has 0 aliphatic heterocycles. The monoisotopic (exact) mass is 316 g/mol. The molecule has 0 radical (unpaired) electrons. The molecule has 0 aliphatic carbocycles. The minimum absolute atomic E-state index is 0.134. The van der Waals surface area contributed by atoms with Crippen molar-refractivity contribution in [2.45, 2.75) is 25.8 Å². The maximum Gasteiger partial charge on any atom is 0.173 e. The minimum atomic E-state index is -0.216. The van der Waals surface area contributed by atoms with Gasteiger partial charge in [0, 0.05) is 12.7 Å². The molecule has 0 saturated heterocycles. The molecule has 0 amide bonds. The fraction of sp³-hybridized carbons (Fsp3) is 0.278. The van der Waals surface area contributed by atoms with Crippen molar-refractivity contribution in [3.8, 4) is 0 Å². The van der Waals surface area contributed by atoms with Crippen LogP contribution in [0.1, 0.15) is 31.4 Å². The molecule has 1 N–H and O–H groups in total. The van der Waals surface area contributed by atoms with Gasteiger partial charge in [-0.1, -0.05) is 43.7 Å². The molecule has 116 valence electrons. The fourth-order valence-corrected chi connectivity index (χ4v) is 2.66. The molecule has 2 rings (SSSR count). The number of thiocarbonyl (C=S) groups is 1. The number of rotatable bonds is 5. The molecule has 2 aromatic rings. The first kappa shape index (κ1) is 16.4. The van der Waals surface area contributed by atoms with Gasteiger partial charge in [0.2, 0.25) is 0 Å². The molecule has 0 saturated carbocycles. The molecule has 0 spiro atoms. The Morgan fingerprint density at radius 3 is 2.36 bits per heavy atom. The van der Waals surface area contributed by atoms with Crippen LogP contribution in [0, 0.1) is 5.82 Å². The molecule has 1 atom stereocenters. The lowest BCUT2D eigenvalue weighted by atomic mass is 10.0. The van der Waals surface area contributed by atoms with Crippen LogP contribution in [-0.4, -0.2) is 17.1 Å². The van der Waals surface area contributed by atoms with Gasteiger partial charge in [0.05, 0.1) is 6.04 Å². The van der Waals surface area contributed by atoms with Crippen LogP contribution in [0.25, 0.3) is 0 Å². The van der Waals surface area contributed by atoms with E-state index in [1.807, 2.05) is 54.4 Å². The van der Waals surface area contributed by atoms with E-state index in [1.54, 1.807) is 0 Å². The maximum atomic E-state index is 13.1. The van der Waals surface area contributed by atoms with Crippen LogP contribution >= 0.6 is 12.2 Å². The van der Waals surface area contributed by atoms with E-state index in [-0.39, 0.29) is 11.9 Å². The maximum absolute atomic E-state index is 13.1. The zero-order valence-electron chi connectivity index (χ0n) is 12.9. The standard InChI is InChI=1S/C18H21FN2S/c1-3-7-17(14-10-12-15(19)13-11-14)21(2)18(22)20-16-8-5-4-6-9-16/h4-6,8-13,17H,3,7H2,1-2H3,(H,20,22). The second-order valence-electron chi connectivity index (χ2n) is 5.26. The highest BCUT2D eigenvalue weighted by atomic mass is 32.1. The van der Waals surface area contributed by atoms with Gasteiger partial charge >= 0.3 is 0 Å². The fourth-order valence-electron chi connectivity index (χ4n) is 2.42. The molecule has 0 fully saturated rings. The summed E-state index contributed by atoms with van der Waals surface area (Å²) in [4.78, 5) is 2.04. The Balaban J connectivity index is 2.13. The van der Waals surface area contributed by atoms with Crippen LogP contribution in [0.15, 0.2) is 54.6 Å². The van der Waals surface area contributed by atoms with Crippen molar-refractivity contribution < 1.29 is 4.39 Å². The van der Waals surface area contributed by atoms with E-state index in [1.165, 1.54) is 12.1 Å². The summed E-state index contributed by atoms with van der Waals surface area (Å²) in [5, 5.41) is 3.91. The largest absolute Gasteiger partial charge is 0.345 e. The first-order chi connectivity index (χ1) is 10.6. The summed E-state index contributed by atoms with van der Waals surface area (Å²) < 4.78 is 13.1. The third kappa shape index (κ3) is 4.28. The highest BCUT2D eigenvalue weighted by Crippen LogP contribution is 2.25. The quantitative estimate of drug-likeness (QED) is 0.782. The van der Waals surface area contributed by atoms with E-state index >= 15 is 0 Å². The summed E-state index contributed by atoms with van der Waals surface area (Å²) in [7, 11) is 1.97. The second-order valence-corrected chi connectivity index (χ2v) is 5.65. The highest BCUT2D eigenvalue weighted by molar-refractivity contribution is 7.80. The molecule has 4 heteroatoms. The number of hydrogen-bond acceptors (Lipinski definition) is 1. The number of nitrogens with zero attached hydrogens (tertiary/aromatic N) is 1. The van der Waals surface area contributed by atoms with Gasteiger partial charge in [0.1, 0.15) is 5.82 Å². The SMILES string of the molecule is CCCC(c1ccc(F)cc1)N(C)C(=S)Nc1ccccc1. The van der Waals surface area contributed by atoms with Gasteiger partial charge in [0.15, 0.2) is 5.11 Å². The molecule has 0 aromatic heterocycles. The first-order valence-electron chi connectivity index (χ1n) is 7.46. The molecule has 2 nitrogen and oxygen atoms in total. The van der Waals surface area contributed by atoms with Gasteiger partial charge in [-0.05, 0) is 48.5 Å². The molecule has 1 unspecified atom stereocenters. The van der Waals surface area contributed by atoms with Crippen LogP contribution in [0.4, 0.5) is 10.1 Å². The van der Waals surface area contributed by atoms with Gasteiger partial charge in [-0.25, -0.2) is 4.39 Å². The van der Waals surface area contributed by atoms with Gasteiger partial charge < -0.3 is 10.2 Å². The summed E-state index contributed by atoms with van der Waals surface area (Å²) in [5.74, 6) is -0.216. The average molecular weight is 316 g/mol. The number of anilines is 1. The predicted molar refractivity (Wildman–Crippen MR) is 94.5 cm³/mol. The lowest BCUT2D eigenvalue weighted by molar-refractivity contribution is 0.355. The highest BCUT2D eigenvalue weighted by Gasteiger charge is 2.18. The van der Waals surface area contributed by atoms with Crippen LogP contribution in [0.3, 0.4) is 0 Å². The molecule has 0 bridgehead atoms. The smallest absolute Gasteiger partial charge is 0.173 e. The normalized spacial score (nSPS) is 11.8. The van der Waals surface area contributed by atoms with Crippen molar-refractivity contribution in [1.29, 1.82) is 0 Å². The van der Waals surface area contributed by atoms with Crippen molar-refractivity contribution in [3.63, 3.8) is 0 Å². The number of halogens is 1. The summed E-state index contributed by atoms with van der Waals surface area (Å²) in [6, 6.07) is 16.7.